The minimum absolute atomic E-state index is 0.0966. The SMILES string of the molecule is CCOC(=O)C1=NN(N=O)C2(CC(=O)N(c3cc(Cl)cc(Cl)c3)C2=O)C1. The Hall–Kier alpha value is -2.52. The Bertz CT molecular complexity index is 838. The number of anilines is 1. The lowest BCUT2D eigenvalue weighted by Crippen LogP contribution is -2.48. The predicted octanol–water partition coefficient (Wildman–Crippen LogP) is 2.30. The Labute approximate surface area is 157 Å². The van der Waals surface area contributed by atoms with Crippen LogP contribution < -0.4 is 4.90 Å². The van der Waals surface area contributed by atoms with Crippen molar-refractivity contribution < 1.29 is 19.1 Å². The predicted molar refractivity (Wildman–Crippen MR) is 92.6 cm³/mol. The molecular formula is C15H12Cl2N4O5. The number of ether oxygens (including phenoxy) is 1. The molecule has 1 saturated heterocycles. The van der Waals surface area contributed by atoms with Crippen molar-refractivity contribution in [1.82, 2.24) is 5.12 Å². The lowest BCUT2D eigenvalue weighted by atomic mass is 9.92. The van der Waals surface area contributed by atoms with Crippen LogP contribution in [0, 0.1) is 4.91 Å². The Kier molecular flexibility index (Phi) is 4.68. The molecule has 2 heterocycles. The highest BCUT2D eigenvalue weighted by Crippen LogP contribution is 2.41. The summed E-state index contributed by atoms with van der Waals surface area (Å²) in [6.07, 6.45) is -0.652. The van der Waals surface area contributed by atoms with Gasteiger partial charge in [-0.3, -0.25) is 9.59 Å². The van der Waals surface area contributed by atoms with Gasteiger partial charge in [0, 0.05) is 16.5 Å². The Morgan fingerprint density at radius 1 is 1.27 bits per heavy atom. The summed E-state index contributed by atoms with van der Waals surface area (Å²) in [4.78, 5) is 49.5. The van der Waals surface area contributed by atoms with E-state index in [1.165, 1.54) is 18.2 Å². The van der Waals surface area contributed by atoms with Crippen molar-refractivity contribution in [2.45, 2.75) is 25.3 Å². The van der Waals surface area contributed by atoms with Crippen LogP contribution in [-0.4, -0.2) is 40.8 Å². The summed E-state index contributed by atoms with van der Waals surface area (Å²) in [5, 5.41) is 7.48. The number of rotatable bonds is 4. The standard InChI is InChI=1S/C15H12Cl2N4O5/c1-2-26-13(23)11-6-15(21(18-11)19-25)7-12(22)20(14(15)24)10-4-8(16)3-9(17)5-10/h3-5H,2,6-7H2,1H3. The molecule has 9 nitrogen and oxygen atoms in total. The van der Waals surface area contributed by atoms with Gasteiger partial charge >= 0.3 is 5.97 Å². The molecule has 136 valence electrons. The number of nitrogens with zero attached hydrogens (tertiary/aromatic N) is 4. The van der Waals surface area contributed by atoms with E-state index in [-0.39, 0.29) is 40.9 Å². The van der Waals surface area contributed by atoms with Crippen LogP contribution in [-0.2, 0) is 19.1 Å². The largest absolute Gasteiger partial charge is 0.461 e. The molecule has 0 N–H and O–H groups in total. The van der Waals surface area contributed by atoms with Gasteiger partial charge in [0.15, 0.2) is 11.3 Å². The van der Waals surface area contributed by atoms with E-state index >= 15 is 0 Å². The summed E-state index contributed by atoms with van der Waals surface area (Å²) in [6, 6.07) is 4.23. The third-order valence-corrected chi connectivity index (χ3v) is 4.48. The molecule has 2 aliphatic rings. The highest BCUT2D eigenvalue weighted by atomic mass is 35.5. The van der Waals surface area contributed by atoms with Crippen LogP contribution in [0.15, 0.2) is 28.6 Å². The zero-order chi connectivity index (χ0) is 19.1. The smallest absolute Gasteiger partial charge is 0.354 e. The first-order chi connectivity index (χ1) is 12.3. The first kappa shape index (κ1) is 18.3. The van der Waals surface area contributed by atoms with Crippen LogP contribution in [0.25, 0.3) is 0 Å². The van der Waals surface area contributed by atoms with E-state index in [2.05, 4.69) is 10.4 Å². The van der Waals surface area contributed by atoms with Crippen LogP contribution in [0.4, 0.5) is 5.69 Å². The molecular weight excluding hydrogens is 387 g/mol. The zero-order valence-electron chi connectivity index (χ0n) is 13.4. The summed E-state index contributed by atoms with van der Waals surface area (Å²) in [7, 11) is 0. The number of hydrazone groups is 1. The molecule has 1 unspecified atom stereocenters. The van der Waals surface area contributed by atoms with Gasteiger partial charge in [0.25, 0.3) is 5.91 Å². The first-order valence-corrected chi connectivity index (χ1v) is 8.29. The fourth-order valence-electron chi connectivity index (χ4n) is 2.97. The van der Waals surface area contributed by atoms with Crippen LogP contribution in [0.3, 0.4) is 0 Å². The fourth-order valence-corrected chi connectivity index (χ4v) is 3.48. The van der Waals surface area contributed by atoms with Crippen molar-refractivity contribution in [2.24, 2.45) is 10.4 Å². The minimum atomic E-state index is -1.70. The normalized spacial score (nSPS) is 22.2. The molecule has 0 bridgehead atoms. The average molecular weight is 399 g/mol. The summed E-state index contributed by atoms with van der Waals surface area (Å²) in [5.41, 5.74) is -1.70. The topological polar surface area (TPSA) is 109 Å². The number of benzene rings is 1. The third kappa shape index (κ3) is 2.82. The van der Waals surface area contributed by atoms with E-state index in [0.717, 1.165) is 4.90 Å². The van der Waals surface area contributed by atoms with Gasteiger partial charge in [0.05, 0.1) is 24.0 Å². The number of amides is 2. The second kappa shape index (κ2) is 6.65. The quantitative estimate of drug-likeness (QED) is 0.437. The van der Waals surface area contributed by atoms with Crippen LogP contribution in [0.5, 0.6) is 0 Å². The molecule has 1 fully saturated rings. The molecule has 1 aromatic carbocycles. The molecule has 0 radical (unpaired) electrons. The van der Waals surface area contributed by atoms with Crippen molar-refractivity contribution in [3.8, 4) is 0 Å². The number of carbonyl (C=O) groups excluding carboxylic acids is 3. The van der Waals surface area contributed by atoms with Gasteiger partial charge in [-0.2, -0.15) is 0 Å². The monoisotopic (exact) mass is 398 g/mol. The summed E-state index contributed by atoms with van der Waals surface area (Å²) >= 11 is 11.9. The zero-order valence-corrected chi connectivity index (χ0v) is 15.0. The Balaban J connectivity index is 1.97. The van der Waals surface area contributed by atoms with Gasteiger partial charge < -0.3 is 4.74 Å². The molecule has 2 amide bonds. The lowest BCUT2D eigenvalue weighted by molar-refractivity contribution is -0.135. The maximum atomic E-state index is 13.0. The number of halogens is 2. The number of carbonyl (C=O) groups is 3. The van der Waals surface area contributed by atoms with Crippen LogP contribution in [0.1, 0.15) is 19.8 Å². The number of hydrogen-bond donors (Lipinski definition) is 0. The minimum Gasteiger partial charge on any atom is -0.461 e. The maximum Gasteiger partial charge on any atom is 0.354 e. The van der Waals surface area contributed by atoms with Gasteiger partial charge in [0.2, 0.25) is 5.91 Å². The average Bonchev–Trinajstić information content (AvgIpc) is 3.05. The van der Waals surface area contributed by atoms with Crippen LogP contribution in [0.2, 0.25) is 10.0 Å². The fraction of sp³-hybridized carbons (Fsp3) is 0.333. The van der Waals surface area contributed by atoms with Gasteiger partial charge in [-0.1, -0.05) is 23.2 Å². The molecule has 1 atom stereocenters. The van der Waals surface area contributed by atoms with E-state index in [0.29, 0.717) is 5.12 Å². The van der Waals surface area contributed by atoms with Crippen molar-refractivity contribution >= 4 is 52.4 Å². The van der Waals surface area contributed by atoms with E-state index in [1.54, 1.807) is 6.92 Å². The molecule has 0 aromatic heterocycles. The van der Waals surface area contributed by atoms with Crippen LogP contribution >= 0.6 is 23.2 Å². The van der Waals surface area contributed by atoms with Gasteiger partial charge in [-0.05, 0) is 25.1 Å². The molecule has 3 rings (SSSR count). The highest BCUT2D eigenvalue weighted by molar-refractivity contribution is 6.39. The molecule has 1 aromatic rings. The summed E-state index contributed by atoms with van der Waals surface area (Å²) in [6.45, 7) is 1.70. The van der Waals surface area contributed by atoms with E-state index < -0.39 is 23.3 Å². The summed E-state index contributed by atoms with van der Waals surface area (Å²) in [5.74, 6) is -2.12. The lowest BCUT2D eigenvalue weighted by Gasteiger charge is -2.24. The Morgan fingerprint density at radius 3 is 2.50 bits per heavy atom. The molecule has 26 heavy (non-hydrogen) atoms. The van der Waals surface area contributed by atoms with E-state index in [9.17, 15) is 19.3 Å². The number of hydrogen-bond acceptors (Lipinski definition) is 7. The molecule has 0 aliphatic carbocycles. The number of esters is 1. The van der Waals surface area contributed by atoms with E-state index in [1.807, 2.05) is 0 Å². The van der Waals surface area contributed by atoms with Gasteiger partial charge in [0.1, 0.15) is 0 Å². The van der Waals surface area contributed by atoms with Gasteiger partial charge in [-0.25, -0.2) is 9.69 Å². The third-order valence-electron chi connectivity index (χ3n) is 4.05. The summed E-state index contributed by atoms with van der Waals surface area (Å²) < 4.78 is 4.84. The molecule has 11 heteroatoms. The second-order valence-electron chi connectivity index (χ2n) is 5.69. The second-order valence-corrected chi connectivity index (χ2v) is 6.56. The first-order valence-electron chi connectivity index (χ1n) is 7.54. The molecule has 2 aliphatic heterocycles. The molecule has 0 saturated carbocycles. The van der Waals surface area contributed by atoms with Crippen molar-refractivity contribution in [1.29, 1.82) is 0 Å². The van der Waals surface area contributed by atoms with Gasteiger partial charge in [-0.15, -0.1) is 15.1 Å². The number of imide groups is 1. The van der Waals surface area contributed by atoms with Crippen molar-refractivity contribution in [3.63, 3.8) is 0 Å². The van der Waals surface area contributed by atoms with Crippen molar-refractivity contribution in [3.05, 3.63) is 33.2 Å². The van der Waals surface area contributed by atoms with E-state index in [4.69, 9.17) is 27.9 Å². The number of nitroso groups, excluding NO2 is 1. The highest BCUT2D eigenvalue weighted by Gasteiger charge is 2.61. The maximum absolute atomic E-state index is 13.0. The molecule has 1 spiro atoms. The Morgan fingerprint density at radius 2 is 1.92 bits per heavy atom. The van der Waals surface area contributed by atoms with Crippen molar-refractivity contribution in [2.75, 3.05) is 11.5 Å².